The second-order valence-corrected chi connectivity index (χ2v) is 3.26. The van der Waals surface area contributed by atoms with Gasteiger partial charge in [-0.2, -0.15) is 0 Å². The number of hydrogen-bond donors (Lipinski definition) is 2. The molecule has 1 atom stereocenters. The van der Waals surface area contributed by atoms with E-state index in [2.05, 4.69) is 0 Å². The van der Waals surface area contributed by atoms with Gasteiger partial charge in [-0.25, -0.2) is 9.59 Å². The Morgan fingerprint density at radius 3 is 2.53 bits per heavy atom. The van der Waals surface area contributed by atoms with Gasteiger partial charge in [0.25, 0.3) is 0 Å². The standard InChI is InChI=1S/C11H12O6/c1-7(11(14)15)17-9-4-2-3-8(5-9)16-6-10(12)13/h2-5,7H,6H2,1H3,(H,12,13)(H,14,15). The molecule has 0 bridgehead atoms. The first-order valence-electron chi connectivity index (χ1n) is 4.83. The van der Waals surface area contributed by atoms with Gasteiger partial charge in [0.1, 0.15) is 11.5 Å². The van der Waals surface area contributed by atoms with Crippen LogP contribution in [0.2, 0.25) is 0 Å². The predicted molar refractivity (Wildman–Crippen MR) is 57.3 cm³/mol. The molecule has 0 spiro atoms. The van der Waals surface area contributed by atoms with Gasteiger partial charge in [-0.05, 0) is 19.1 Å². The highest BCUT2D eigenvalue weighted by molar-refractivity contribution is 5.72. The van der Waals surface area contributed by atoms with Gasteiger partial charge in [0, 0.05) is 6.07 Å². The first kappa shape index (κ1) is 12.8. The minimum absolute atomic E-state index is 0.308. The molecule has 1 unspecified atom stereocenters. The Hall–Kier alpha value is -2.24. The Bertz CT molecular complexity index is 414. The first-order valence-corrected chi connectivity index (χ1v) is 4.83. The van der Waals surface area contributed by atoms with Crippen LogP contribution in [0.25, 0.3) is 0 Å². The van der Waals surface area contributed by atoms with Crippen molar-refractivity contribution in [1.82, 2.24) is 0 Å². The number of hydrogen-bond acceptors (Lipinski definition) is 4. The molecular weight excluding hydrogens is 228 g/mol. The second kappa shape index (κ2) is 5.74. The van der Waals surface area contributed by atoms with Crippen molar-refractivity contribution >= 4 is 11.9 Å². The Morgan fingerprint density at radius 1 is 1.29 bits per heavy atom. The summed E-state index contributed by atoms with van der Waals surface area (Å²) in [6.07, 6.45) is -0.982. The van der Waals surface area contributed by atoms with E-state index in [1.165, 1.54) is 13.0 Å². The normalized spacial score (nSPS) is 11.6. The van der Waals surface area contributed by atoms with Crippen LogP contribution in [0, 0.1) is 0 Å². The third-order valence-electron chi connectivity index (χ3n) is 1.83. The monoisotopic (exact) mass is 240 g/mol. The molecule has 0 fully saturated rings. The smallest absolute Gasteiger partial charge is 0.344 e. The van der Waals surface area contributed by atoms with E-state index < -0.39 is 24.6 Å². The molecule has 0 heterocycles. The Balaban J connectivity index is 2.65. The van der Waals surface area contributed by atoms with E-state index in [1.807, 2.05) is 0 Å². The highest BCUT2D eigenvalue weighted by Gasteiger charge is 2.12. The zero-order chi connectivity index (χ0) is 12.8. The minimum atomic E-state index is -1.09. The topological polar surface area (TPSA) is 93.1 Å². The maximum atomic E-state index is 10.6. The molecular formula is C11H12O6. The summed E-state index contributed by atoms with van der Waals surface area (Å²) in [6, 6.07) is 6.14. The van der Waals surface area contributed by atoms with Gasteiger partial charge in [0.2, 0.25) is 0 Å². The van der Waals surface area contributed by atoms with E-state index in [-0.39, 0.29) is 0 Å². The molecule has 0 aliphatic rings. The molecule has 1 aromatic rings. The molecule has 0 aromatic heterocycles. The maximum Gasteiger partial charge on any atom is 0.344 e. The largest absolute Gasteiger partial charge is 0.482 e. The van der Waals surface area contributed by atoms with Crippen LogP contribution in [-0.4, -0.2) is 34.9 Å². The van der Waals surface area contributed by atoms with Crippen molar-refractivity contribution in [3.8, 4) is 11.5 Å². The lowest BCUT2D eigenvalue weighted by Crippen LogP contribution is -2.22. The molecule has 0 aliphatic heterocycles. The van der Waals surface area contributed by atoms with Crippen molar-refractivity contribution in [1.29, 1.82) is 0 Å². The van der Waals surface area contributed by atoms with Crippen LogP contribution in [0.3, 0.4) is 0 Å². The average molecular weight is 240 g/mol. The Labute approximate surface area is 97.4 Å². The molecule has 0 saturated carbocycles. The van der Waals surface area contributed by atoms with Gasteiger partial charge in [-0.1, -0.05) is 6.07 Å². The zero-order valence-corrected chi connectivity index (χ0v) is 9.12. The lowest BCUT2D eigenvalue weighted by molar-refractivity contribution is -0.144. The molecule has 92 valence electrons. The molecule has 0 amide bonds. The third-order valence-corrected chi connectivity index (χ3v) is 1.83. The van der Waals surface area contributed by atoms with Crippen LogP contribution >= 0.6 is 0 Å². The van der Waals surface area contributed by atoms with Crippen LogP contribution in [0.1, 0.15) is 6.92 Å². The maximum absolute atomic E-state index is 10.6. The highest BCUT2D eigenvalue weighted by Crippen LogP contribution is 2.20. The first-order chi connectivity index (χ1) is 7.99. The van der Waals surface area contributed by atoms with Crippen molar-refractivity contribution in [3.63, 3.8) is 0 Å². The van der Waals surface area contributed by atoms with Crippen LogP contribution in [0.4, 0.5) is 0 Å². The quantitative estimate of drug-likeness (QED) is 0.770. The summed E-state index contributed by atoms with van der Waals surface area (Å²) >= 11 is 0. The van der Waals surface area contributed by atoms with Crippen LogP contribution in [-0.2, 0) is 9.59 Å². The molecule has 6 heteroatoms. The molecule has 0 aliphatic carbocycles. The SMILES string of the molecule is CC(Oc1cccc(OCC(=O)O)c1)C(=O)O. The summed E-state index contributed by atoms with van der Waals surface area (Å²) in [5, 5.41) is 17.1. The van der Waals surface area contributed by atoms with Gasteiger partial charge < -0.3 is 19.7 Å². The Kier molecular flexibility index (Phi) is 4.33. The molecule has 2 N–H and O–H groups in total. The lowest BCUT2D eigenvalue weighted by Gasteiger charge is -2.11. The summed E-state index contributed by atoms with van der Waals surface area (Å²) in [4.78, 5) is 20.9. The van der Waals surface area contributed by atoms with Crippen molar-refractivity contribution in [2.24, 2.45) is 0 Å². The minimum Gasteiger partial charge on any atom is -0.482 e. The summed E-state index contributed by atoms with van der Waals surface area (Å²) in [7, 11) is 0. The van der Waals surface area contributed by atoms with Crippen molar-refractivity contribution in [3.05, 3.63) is 24.3 Å². The fourth-order valence-corrected chi connectivity index (χ4v) is 1.04. The van der Waals surface area contributed by atoms with Crippen molar-refractivity contribution < 1.29 is 29.3 Å². The molecule has 0 radical (unpaired) electrons. The molecule has 1 aromatic carbocycles. The van der Waals surface area contributed by atoms with E-state index in [0.717, 1.165) is 0 Å². The van der Waals surface area contributed by atoms with E-state index in [9.17, 15) is 9.59 Å². The number of aliphatic carboxylic acids is 2. The second-order valence-electron chi connectivity index (χ2n) is 3.26. The lowest BCUT2D eigenvalue weighted by atomic mass is 10.3. The number of rotatable bonds is 6. The fourth-order valence-electron chi connectivity index (χ4n) is 1.04. The van der Waals surface area contributed by atoms with Crippen LogP contribution in [0.15, 0.2) is 24.3 Å². The fraction of sp³-hybridized carbons (Fsp3) is 0.273. The highest BCUT2D eigenvalue weighted by atomic mass is 16.5. The third kappa shape index (κ3) is 4.42. The van der Waals surface area contributed by atoms with E-state index >= 15 is 0 Å². The number of benzene rings is 1. The van der Waals surface area contributed by atoms with Gasteiger partial charge >= 0.3 is 11.9 Å². The summed E-state index contributed by atoms with van der Waals surface area (Å²) in [6.45, 7) is 0.936. The summed E-state index contributed by atoms with van der Waals surface area (Å²) in [5.74, 6) is -1.55. The Morgan fingerprint density at radius 2 is 1.94 bits per heavy atom. The van der Waals surface area contributed by atoms with Gasteiger partial charge in [0.05, 0.1) is 0 Å². The number of carboxylic acids is 2. The number of ether oxygens (including phenoxy) is 2. The van der Waals surface area contributed by atoms with Crippen LogP contribution < -0.4 is 9.47 Å². The molecule has 1 rings (SSSR count). The molecule has 0 saturated heterocycles. The molecule has 17 heavy (non-hydrogen) atoms. The van der Waals surface area contributed by atoms with Gasteiger partial charge in [-0.3, -0.25) is 0 Å². The van der Waals surface area contributed by atoms with E-state index in [4.69, 9.17) is 19.7 Å². The van der Waals surface area contributed by atoms with Crippen molar-refractivity contribution in [2.45, 2.75) is 13.0 Å². The number of carboxylic acid groups (broad SMARTS) is 2. The van der Waals surface area contributed by atoms with Gasteiger partial charge in [-0.15, -0.1) is 0 Å². The van der Waals surface area contributed by atoms with Crippen LogP contribution in [0.5, 0.6) is 11.5 Å². The van der Waals surface area contributed by atoms with E-state index in [1.54, 1.807) is 18.2 Å². The van der Waals surface area contributed by atoms with Crippen molar-refractivity contribution in [2.75, 3.05) is 6.61 Å². The summed E-state index contributed by atoms with van der Waals surface area (Å²) < 4.78 is 10.0. The van der Waals surface area contributed by atoms with E-state index in [0.29, 0.717) is 11.5 Å². The predicted octanol–water partition coefficient (Wildman–Crippen LogP) is 1.00. The summed E-state index contributed by atoms with van der Waals surface area (Å²) in [5.41, 5.74) is 0. The van der Waals surface area contributed by atoms with Gasteiger partial charge in [0.15, 0.2) is 12.7 Å². The number of carbonyl (C=O) groups is 2. The zero-order valence-electron chi connectivity index (χ0n) is 9.12. The average Bonchev–Trinajstić information content (AvgIpc) is 2.26. The molecule has 6 nitrogen and oxygen atoms in total.